The van der Waals surface area contributed by atoms with E-state index in [1.54, 1.807) is 0 Å². The Bertz CT molecular complexity index is 758. The summed E-state index contributed by atoms with van der Waals surface area (Å²) >= 11 is 0. The first kappa shape index (κ1) is 34.9. The van der Waals surface area contributed by atoms with Crippen molar-refractivity contribution in [3.05, 3.63) is 0 Å². The minimum absolute atomic E-state index is 0.0640. The smallest absolute Gasteiger partial charge is 0.224 e. The van der Waals surface area contributed by atoms with Crippen LogP contribution in [0, 0.1) is 23.7 Å². The molecule has 0 radical (unpaired) electrons. The van der Waals surface area contributed by atoms with Crippen molar-refractivity contribution >= 4 is 17.7 Å². The van der Waals surface area contributed by atoms with E-state index < -0.39 is 5.92 Å². The van der Waals surface area contributed by atoms with Gasteiger partial charge in [-0.3, -0.25) is 14.4 Å². The quantitative estimate of drug-likeness (QED) is 0.161. The Balaban J connectivity index is 1.57. The van der Waals surface area contributed by atoms with Crippen molar-refractivity contribution < 1.29 is 14.4 Å². The van der Waals surface area contributed by atoms with Gasteiger partial charge in [-0.25, -0.2) is 0 Å². The molecule has 0 heterocycles. The van der Waals surface area contributed by atoms with Crippen LogP contribution in [-0.4, -0.2) is 35.8 Å². The molecule has 3 amide bonds. The Hall–Kier alpha value is -1.59. The van der Waals surface area contributed by atoms with Crippen LogP contribution in [0.15, 0.2) is 0 Å². The van der Waals surface area contributed by atoms with Crippen molar-refractivity contribution in [2.24, 2.45) is 23.7 Å². The minimum atomic E-state index is -0.611. The highest BCUT2D eigenvalue weighted by Gasteiger charge is 2.32. The molecule has 6 atom stereocenters. The summed E-state index contributed by atoms with van der Waals surface area (Å²) in [5.74, 6) is 1.22. The Morgan fingerprint density at radius 2 is 0.905 bits per heavy atom. The van der Waals surface area contributed by atoms with Crippen molar-refractivity contribution in [1.29, 1.82) is 0 Å². The lowest BCUT2D eigenvalue weighted by molar-refractivity contribution is -0.134. The summed E-state index contributed by atoms with van der Waals surface area (Å²) in [4.78, 5) is 40.3. The van der Waals surface area contributed by atoms with Crippen molar-refractivity contribution in [2.45, 2.75) is 187 Å². The van der Waals surface area contributed by atoms with E-state index in [9.17, 15) is 14.4 Å². The van der Waals surface area contributed by atoms with Crippen LogP contribution in [0.1, 0.15) is 168 Å². The normalized spacial score (nSPS) is 28.9. The molecule has 0 spiro atoms. The molecule has 3 N–H and O–H groups in total. The third-order valence-corrected chi connectivity index (χ3v) is 10.6. The van der Waals surface area contributed by atoms with Crippen LogP contribution in [0.2, 0.25) is 0 Å². The predicted octanol–water partition coefficient (Wildman–Crippen LogP) is 7.98. The molecular weight excluding hydrogens is 522 g/mol. The number of unbranched alkanes of at least 4 members (excludes halogenated alkanes) is 3. The van der Waals surface area contributed by atoms with Gasteiger partial charge in [0.25, 0.3) is 0 Å². The van der Waals surface area contributed by atoms with Gasteiger partial charge in [-0.1, -0.05) is 117 Å². The lowest BCUT2D eigenvalue weighted by Crippen LogP contribution is -2.46. The summed E-state index contributed by atoms with van der Waals surface area (Å²) in [5.41, 5.74) is 0. The molecule has 0 aromatic heterocycles. The number of nitrogens with one attached hydrogen (secondary N) is 3. The summed E-state index contributed by atoms with van der Waals surface area (Å²) < 4.78 is 0. The molecule has 0 aromatic rings. The van der Waals surface area contributed by atoms with E-state index in [1.807, 2.05) is 0 Å². The van der Waals surface area contributed by atoms with Gasteiger partial charge in [-0.15, -0.1) is 0 Å². The molecule has 0 aromatic carbocycles. The number of rotatable bonds is 17. The summed E-state index contributed by atoms with van der Waals surface area (Å²) in [7, 11) is 0. The van der Waals surface area contributed by atoms with Crippen LogP contribution < -0.4 is 16.0 Å². The zero-order valence-corrected chi connectivity index (χ0v) is 27.5. The largest absolute Gasteiger partial charge is 0.353 e. The maximum atomic E-state index is 13.7. The standard InChI is InChI=1S/C36H65N3O3/c1-4-7-13-27-16-10-19-31(22-27)37-34(40)25-30(36(42)39-33-21-12-18-29(24-33)15-9-6-3)26-35(41)38-32-20-11-17-28(23-32)14-8-5-2/h27-33H,4-26H2,1-3H3,(H,37,40)(H,38,41)(H,39,42). The van der Waals surface area contributed by atoms with Gasteiger partial charge in [0.05, 0.1) is 5.92 Å². The lowest BCUT2D eigenvalue weighted by atomic mass is 9.82. The van der Waals surface area contributed by atoms with Gasteiger partial charge in [0.15, 0.2) is 0 Å². The van der Waals surface area contributed by atoms with Crippen LogP contribution in [-0.2, 0) is 14.4 Å². The second-order valence-corrected chi connectivity index (χ2v) is 14.4. The zero-order valence-electron chi connectivity index (χ0n) is 27.5. The molecule has 42 heavy (non-hydrogen) atoms. The molecule has 3 saturated carbocycles. The van der Waals surface area contributed by atoms with Gasteiger partial charge in [0, 0.05) is 31.0 Å². The van der Waals surface area contributed by atoms with Crippen molar-refractivity contribution in [3.63, 3.8) is 0 Å². The summed E-state index contributed by atoms with van der Waals surface area (Å²) in [6, 6.07) is 0.563. The average Bonchev–Trinajstić information content (AvgIpc) is 2.98. The molecular formula is C36H65N3O3. The topological polar surface area (TPSA) is 87.3 Å². The van der Waals surface area contributed by atoms with Crippen molar-refractivity contribution in [1.82, 2.24) is 16.0 Å². The fourth-order valence-corrected chi connectivity index (χ4v) is 8.13. The molecule has 0 aliphatic heterocycles. The van der Waals surface area contributed by atoms with Crippen LogP contribution in [0.25, 0.3) is 0 Å². The number of carbonyl (C=O) groups excluding carboxylic acids is 3. The number of hydrogen-bond donors (Lipinski definition) is 3. The maximum absolute atomic E-state index is 13.7. The monoisotopic (exact) mass is 588 g/mol. The number of hydrogen-bond acceptors (Lipinski definition) is 3. The van der Waals surface area contributed by atoms with E-state index in [-0.39, 0.29) is 48.7 Å². The molecule has 242 valence electrons. The predicted molar refractivity (Wildman–Crippen MR) is 173 cm³/mol. The zero-order chi connectivity index (χ0) is 30.2. The lowest BCUT2D eigenvalue weighted by Gasteiger charge is -2.32. The van der Waals surface area contributed by atoms with Gasteiger partial charge < -0.3 is 16.0 Å². The molecule has 3 aliphatic carbocycles. The number of carbonyl (C=O) groups is 3. The summed E-state index contributed by atoms with van der Waals surface area (Å²) in [6.07, 6.45) is 24.7. The van der Waals surface area contributed by atoms with Gasteiger partial charge in [-0.2, -0.15) is 0 Å². The molecule has 6 unspecified atom stereocenters. The Labute approximate surface area is 258 Å². The van der Waals surface area contributed by atoms with Gasteiger partial charge in [0.1, 0.15) is 0 Å². The first-order chi connectivity index (χ1) is 20.4. The maximum Gasteiger partial charge on any atom is 0.224 e. The van der Waals surface area contributed by atoms with Gasteiger partial charge in [0.2, 0.25) is 17.7 Å². The number of amides is 3. The van der Waals surface area contributed by atoms with E-state index in [0.29, 0.717) is 17.8 Å². The second-order valence-electron chi connectivity index (χ2n) is 14.4. The highest BCUT2D eigenvalue weighted by Crippen LogP contribution is 2.31. The first-order valence-corrected chi connectivity index (χ1v) is 18.3. The van der Waals surface area contributed by atoms with Crippen LogP contribution in [0.5, 0.6) is 0 Å². The van der Waals surface area contributed by atoms with E-state index in [2.05, 4.69) is 36.7 Å². The summed E-state index contributed by atoms with van der Waals surface area (Å²) in [5, 5.41) is 9.85. The average molecular weight is 588 g/mol. The molecule has 3 aliphatic rings. The van der Waals surface area contributed by atoms with Crippen LogP contribution in [0.3, 0.4) is 0 Å². The molecule has 0 saturated heterocycles. The molecule has 6 nitrogen and oxygen atoms in total. The van der Waals surface area contributed by atoms with E-state index in [0.717, 1.165) is 57.8 Å². The fourth-order valence-electron chi connectivity index (χ4n) is 8.13. The summed E-state index contributed by atoms with van der Waals surface area (Å²) in [6.45, 7) is 6.71. The minimum Gasteiger partial charge on any atom is -0.353 e. The van der Waals surface area contributed by atoms with Crippen LogP contribution in [0.4, 0.5) is 0 Å². The highest BCUT2D eigenvalue weighted by atomic mass is 16.2. The Morgan fingerprint density at radius 3 is 1.26 bits per heavy atom. The van der Waals surface area contributed by atoms with Crippen molar-refractivity contribution in [2.75, 3.05) is 0 Å². The van der Waals surface area contributed by atoms with Crippen LogP contribution >= 0.6 is 0 Å². The van der Waals surface area contributed by atoms with E-state index >= 15 is 0 Å². The van der Waals surface area contributed by atoms with E-state index in [1.165, 1.54) is 77.0 Å². The molecule has 3 fully saturated rings. The van der Waals surface area contributed by atoms with Crippen molar-refractivity contribution in [3.8, 4) is 0 Å². The third-order valence-electron chi connectivity index (χ3n) is 10.6. The molecule has 6 heteroatoms. The van der Waals surface area contributed by atoms with Gasteiger partial charge >= 0.3 is 0 Å². The molecule has 0 bridgehead atoms. The first-order valence-electron chi connectivity index (χ1n) is 18.3. The second kappa shape index (κ2) is 19.6. The fraction of sp³-hybridized carbons (Fsp3) is 0.917. The van der Waals surface area contributed by atoms with E-state index in [4.69, 9.17) is 0 Å². The SMILES string of the molecule is CCCCC1CCCC(NC(=O)CC(CC(=O)NC2CCCC(CCCC)C2)C(=O)NC2CCCC(CCCC)C2)C1. The third kappa shape index (κ3) is 13.0. The highest BCUT2D eigenvalue weighted by molar-refractivity contribution is 5.90. The Kier molecular flexibility index (Phi) is 16.3. The molecule has 3 rings (SSSR count). The van der Waals surface area contributed by atoms with Gasteiger partial charge in [-0.05, 0) is 56.3 Å². The Morgan fingerprint density at radius 1 is 0.548 bits per heavy atom.